The van der Waals surface area contributed by atoms with Crippen LogP contribution in [-0.2, 0) is 0 Å². The number of H-pyrrole nitrogens is 1. The van der Waals surface area contributed by atoms with Gasteiger partial charge in [-0.2, -0.15) is 0 Å². The van der Waals surface area contributed by atoms with Crippen LogP contribution in [0.1, 0.15) is 16.1 Å². The summed E-state index contributed by atoms with van der Waals surface area (Å²) in [6.07, 6.45) is 0. The summed E-state index contributed by atoms with van der Waals surface area (Å²) in [6, 6.07) is 5.74. The van der Waals surface area contributed by atoms with E-state index in [0.717, 1.165) is 0 Å². The first-order valence-electron chi connectivity index (χ1n) is 5.27. The largest absolute Gasteiger partial charge is 0.545 e. The standard InChI is InChI=1S/C11H10N4O4/c1-6-9(15(18)19)10(14-13-6)12-8-4-2-3-7(5-8)11(16)17/h2-5H,1H3,(H,16,17)(H2,12,13,14)/p-1. The van der Waals surface area contributed by atoms with Gasteiger partial charge in [-0.1, -0.05) is 12.1 Å². The molecular formula is C11H9N4O4-. The van der Waals surface area contributed by atoms with E-state index in [2.05, 4.69) is 15.5 Å². The number of rotatable bonds is 4. The van der Waals surface area contributed by atoms with Crippen molar-refractivity contribution in [2.75, 3.05) is 5.32 Å². The second-order valence-corrected chi connectivity index (χ2v) is 3.80. The third kappa shape index (κ3) is 2.51. The Bertz CT molecular complexity index is 650. The van der Waals surface area contributed by atoms with E-state index in [1.165, 1.54) is 25.1 Å². The maximum Gasteiger partial charge on any atom is 0.333 e. The number of nitrogens with one attached hydrogen (secondary N) is 2. The van der Waals surface area contributed by atoms with Crippen LogP contribution in [-0.4, -0.2) is 21.1 Å². The van der Waals surface area contributed by atoms with Crippen molar-refractivity contribution in [2.45, 2.75) is 6.92 Å². The third-order valence-corrected chi connectivity index (χ3v) is 2.46. The number of benzene rings is 1. The van der Waals surface area contributed by atoms with Crippen LogP contribution in [0.15, 0.2) is 24.3 Å². The smallest absolute Gasteiger partial charge is 0.333 e. The zero-order valence-electron chi connectivity index (χ0n) is 9.84. The number of aromatic amines is 1. The molecule has 0 fully saturated rings. The number of aryl methyl sites for hydroxylation is 1. The minimum atomic E-state index is -1.32. The first-order chi connectivity index (χ1) is 8.99. The van der Waals surface area contributed by atoms with E-state index in [1.807, 2.05) is 0 Å². The van der Waals surface area contributed by atoms with E-state index in [9.17, 15) is 20.0 Å². The summed E-state index contributed by atoms with van der Waals surface area (Å²) in [5.41, 5.74) is 0.471. The predicted molar refractivity (Wildman–Crippen MR) is 64.0 cm³/mol. The first kappa shape index (κ1) is 12.6. The van der Waals surface area contributed by atoms with Gasteiger partial charge in [0.1, 0.15) is 5.69 Å². The summed E-state index contributed by atoms with van der Waals surface area (Å²) in [7, 11) is 0. The van der Waals surface area contributed by atoms with Crippen molar-refractivity contribution >= 4 is 23.2 Å². The maximum absolute atomic E-state index is 10.9. The molecule has 8 heteroatoms. The molecule has 0 radical (unpaired) electrons. The van der Waals surface area contributed by atoms with Gasteiger partial charge in [-0.25, -0.2) is 0 Å². The zero-order valence-corrected chi connectivity index (χ0v) is 9.84. The second kappa shape index (κ2) is 4.77. The Kier molecular flexibility index (Phi) is 3.15. The minimum Gasteiger partial charge on any atom is -0.545 e. The van der Waals surface area contributed by atoms with Crippen molar-refractivity contribution in [1.82, 2.24) is 10.2 Å². The molecule has 0 aliphatic heterocycles. The number of nitrogens with zero attached hydrogens (tertiary/aromatic N) is 2. The molecule has 98 valence electrons. The highest BCUT2D eigenvalue weighted by Gasteiger charge is 2.21. The number of hydrogen-bond acceptors (Lipinski definition) is 6. The lowest BCUT2D eigenvalue weighted by molar-refractivity contribution is -0.384. The molecule has 1 aromatic carbocycles. The molecule has 8 nitrogen and oxygen atoms in total. The minimum absolute atomic E-state index is 0.0259. The molecule has 19 heavy (non-hydrogen) atoms. The molecule has 2 rings (SSSR count). The molecule has 1 heterocycles. The zero-order chi connectivity index (χ0) is 14.0. The highest BCUT2D eigenvalue weighted by Crippen LogP contribution is 2.28. The molecule has 0 aliphatic rings. The SMILES string of the molecule is Cc1[nH]nc(Nc2cccc(C(=O)[O-])c2)c1[N+](=O)[O-]. The molecule has 0 aliphatic carbocycles. The lowest BCUT2D eigenvalue weighted by Gasteiger charge is -2.06. The van der Waals surface area contributed by atoms with Crippen LogP contribution in [0.4, 0.5) is 17.2 Å². The van der Waals surface area contributed by atoms with Gasteiger partial charge in [-0.15, -0.1) is 5.10 Å². The third-order valence-electron chi connectivity index (χ3n) is 2.46. The molecule has 0 saturated carbocycles. The van der Waals surface area contributed by atoms with Gasteiger partial charge in [-0.3, -0.25) is 15.2 Å². The van der Waals surface area contributed by atoms with Crippen LogP contribution in [0.3, 0.4) is 0 Å². The molecule has 0 bridgehead atoms. The van der Waals surface area contributed by atoms with Crippen LogP contribution in [0, 0.1) is 17.0 Å². The summed E-state index contributed by atoms with van der Waals surface area (Å²) in [5.74, 6) is -1.30. The van der Waals surface area contributed by atoms with Crippen LogP contribution < -0.4 is 10.4 Å². The van der Waals surface area contributed by atoms with Crippen molar-refractivity contribution in [3.05, 3.63) is 45.6 Å². The number of carbonyl (C=O) groups is 1. The van der Waals surface area contributed by atoms with E-state index >= 15 is 0 Å². The topological polar surface area (TPSA) is 124 Å². The Morgan fingerprint density at radius 1 is 1.47 bits per heavy atom. The average Bonchev–Trinajstić information content (AvgIpc) is 2.70. The Morgan fingerprint density at radius 3 is 2.84 bits per heavy atom. The number of anilines is 2. The van der Waals surface area contributed by atoms with Crippen LogP contribution in [0.2, 0.25) is 0 Å². The fourth-order valence-electron chi connectivity index (χ4n) is 1.59. The summed E-state index contributed by atoms with van der Waals surface area (Å²) in [4.78, 5) is 21.0. The fraction of sp³-hybridized carbons (Fsp3) is 0.0909. The lowest BCUT2D eigenvalue weighted by atomic mass is 10.2. The van der Waals surface area contributed by atoms with Crippen LogP contribution in [0.5, 0.6) is 0 Å². The summed E-state index contributed by atoms with van der Waals surface area (Å²) < 4.78 is 0. The number of carbonyl (C=O) groups excluding carboxylic acids is 1. The maximum atomic E-state index is 10.9. The van der Waals surface area contributed by atoms with Gasteiger partial charge >= 0.3 is 5.69 Å². The Hall–Kier alpha value is -2.90. The molecular weight excluding hydrogens is 252 g/mol. The van der Waals surface area contributed by atoms with E-state index in [0.29, 0.717) is 11.4 Å². The molecule has 1 aromatic heterocycles. The van der Waals surface area contributed by atoms with Gasteiger partial charge in [0, 0.05) is 5.69 Å². The summed E-state index contributed by atoms with van der Waals surface area (Å²) in [5, 5.41) is 30.5. The Balaban J connectivity index is 2.34. The van der Waals surface area contributed by atoms with Gasteiger partial charge in [0.05, 0.1) is 10.9 Å². The molecule has 0 atom stereocenters. The van der Waals surface area contributed by atoms with E-state index in [1.54, 1.807) is 6.07 Å². The van der Waals surface area contributed by atoms with Crippen LogP contribution >= 0.6 is 0 Å². The van der Waals surface area contributed by atoms with Crippen molar-refractivity contribution in [3.63, 3.8) is 0 Å². The molecule has 2 aromatic rings. The highest BCUT2D eigenvalue weighted by atomic mass is 16.6. The number of hydrogen-bond donors (Lipinski definition) is 2. The Labute approximate surface area is 107 Å². The Morgan fingerprint density at radius 2 is 2.21 bits per heavy atom. The molecule has 2 N–H and O–H groups in total. The molecule has 0 amide bonds. The monoisotopic (exact) mass is 261 g/mol. The molecule has 0 unspecified atom stereocenters. The number of aromatic nitrogens is 2. The predicted octanol–water partition coefficient (Wildman–Crippen LogP) is 0.733. The number of aromatic carboxylic acids is 1. The van der Waals surface area contributed by atoms with Crippen molar-refractivity contribution in [2.24, 2.45) is 0 Å². The molecule has 0 saturated heterocycles. The first-order valence-corrected chi connectivity index (χ1v) is 5.27. The number of carboxylic acid groups (broad SMARTS) is 1. The van der Waals surface area contributed by atoms with Crippen LogP contribution in [0.25, 0.3) is 0 Å². The fourth-order valence-corrected chi connectivity index (χ4v) is 1.59. The van der Waals surface area contributed by atoms with E-state index < -0.39 is 10.9 Å². The van der Waals surface area contributed by atoms with Gasteiger partial charge in [-0.05, 0) is 24.6 Å². The van der Waals surface area contributed by atoms with Crippen molar-refractivity contribution in [3.8, 4) is 0 Å². The van der Waals surface area contributed by atoms with Gasteiger partial charge in [0.25, 0.3) is 0 Å². The molecule has 0 spiro atoms. The highest BCUT2D eigenvalue weighted by molar-refractivity contribution is 5.87. The number of nitro groups is 1. The summed E-state index contributed by atoms with van der Waals surface area (Å²) in [6.45, 7) is 1.52. The van der Waals surface area contributed by atoms with E-state index in [4.69, 9.17) is 0 Å². The average molecular weight is 261 g/mol. The second-order valence-electron chi connectivity index (χ2n) is 3.80. The van der Waals surface area contributed by atoms with Crippen molar-refractivity contribution < 1.29 is 14.8 Å². The summed E-state index contributed by atoms with van der Waals surface area (Å²) >= 11 is 0. The van der Waals surface area contributed by atoms with Gasteiger partial charge in [0.2, 0.25) is 5.82 Å². The van der Waals surface area contributed by atoms with Gasteiger partial charge < -0.3 is 15.2 Å². The quantitative estimate of drug-likeness (QED) is 0.617. The van der Waals surface area contributed by atoms with Gasteiger partial charge in [0.15, 0.2) is 0 Å². The lowest BCUT2D eigenvalue weighted by Crippen LogP contribution is -2.22. The number of carboxylic acids is 1. The normalized spacial score (nSPS) is 10.2. The van der Waals surface area contributed by atoms with Crippen molar-refractivity contribution in [1.29, 1.82) is 0 Å². The van der Waals surface area contributed by atoms with E-state index in [-0.39, 0.29) is 17.1 Å².